The molecule has 82 valence electrons. The van der Waals surface area contributed by atoms with Gasteiger partial charge >= 0.3 is 5.97 Å². The molecule has 1 aromatic rings. The fourth-order valence-electron chi connectivity index (χ4n) is 1.07. The summed E-state index contributed by atoms with van der Waals surface area (Å²) in [6.45, 7) is 1.40. The zero-order chi connectivity index (χ0) is 11.6. The summed E-state index contributed by atoms with van der Waals surface area (Å²) in [6.07, 6.45) is -2.70. The molecule has 0 saturated carbocycles. The molecule has 6 heteroatoms. The standard InChI is InChI=1S/C9H8ClF2NO2/c1-4-5(8(11)12)3-6(7(10)13-4)9(14)15-2/h3,8H,1-2H3. The minimum atomic E-state index is -2.70. The maximum absolute atomic E-state index is 12.5. The van der Waals surface area contributed by atoms with E-state index in [0.29, 0.717) is 0 Å². The first-order valence-corrected chi connectivity index (χ1v) is 4.38. The van der Waals surface area contributed by atoms with Crippen molar-refractivity contribution in [2.75, 3.05) is 7.11 Å². The van der Waals surface area contributed by atoms with E-state index in [0.717, 1.165) is 13.2 Å². The lowest BCUT2D eigenvalue weighted by Gasteiger charge is -2.07. The second-order valence-corrected chi connectivity index (χ2v) is 3.15. The van der Waals surface area contributed by atoms with E-state index in [2.05, 4.69) is 9.72 Å². The predicted molar refractivity (Wildman–Crippen MR) is 50.3 cm³/mol. The summed E-state index contributed by atoms with van der Waals surface area (Å²) in [4.78, 5) is 14.8. The van der Waals surface area contributed by atoms with E-state index < -0.39 is 12.4 Å². The Morgan fingerprint density at radius 1 is 1.60 bits per heavy atom. The topological polar surface area (TPSA) is 39.2 Å². The fourth-order valence-corrected chi connectivity index (χ4v) is 1.32. The minimum Gasteiger partial charge on any atom is -0.465 e. The van der Waals surface area contributed by atoms with Gasteiger partial charge in [-0.15, -0.1) is 0 Å². The first-order chi connectivity index (χ1) is 6.97. The van der Waals surface area contributed by atoms with Crippen molar-refractivity contribution >= 4 is 17.6 Å². The highest BCUT2D eigenvalue weighted by Gasteiger charge is 2.19. The number of methoxy groups -OCH3 is 1. The normalized spacial score (nSPS) is 10.5. The van der Waals surface area contributed by atoms with E-state index >= 15 is 0 Å². The number of carbonyl (C=O) groups is 1. The van der Waals surface area contributed by atoms with Crippen LogP contribution in [-0.2, 0) is 4.74 Å². The number of hydrogen-bond donors (Lipinski definition) is 0. The molecule has 1 heterocycles. The van der Waals surface area contributed by atoms with Crippen molar-refractivity contribution < 1.29 is 18.3 Å². The lowest BCUT2D eigenvalue weighted by molar-refractivity contribution is 0.0600. The van der Waals surface area contributed by atoms with Crippen LogP contribution in [0.15, 0.2) is 6.07 Å². The second kappa shape index (κ2) is 4.53. The summed E-state index contributed by atoms with van der Waals surface area (Å²) in [5.74, 6) is -0.783. The van der Waals surface area contributed by atoms with Crippen molar-refractivity contribution in [2.45, 2.75) is 13.3 Å². The third kappa shape index (κ3) is 2.41. The molecule has 0 N–H and O–H groups in total. The number of aromatic nitrogens is 1. The number of esters is 1. The van der Waals surface area contributed by atoms with E-state index in [1.165, 1.54) is 6.92 Å². The van der Waals surface area contributed by atoms with E-state index in [9.17, 15) is 13.6 Å². The van der Waals surface area contributed by atoms with Gasteiger partial charge in [0, 0.05) is 11.3 Å². The van der Waals surface area contributed by atoms with Crippen molar-refractivity contribution in [2.24, 2.45) is 0 Å². The molecule has 0 amide bonds. The van der Waals surface area contributed by atoms with E-state index in [1.54, 1.807) is 0 Å². The lowest BCUT2D eigenvalue weighted by atomic mass is 10.1. The van der Waals surface area contributed by atoms with E-state index in [1.807, 2.05) is 0 Å². The summed E-state index contributed by atoms with van der Waals surface area (Å²) < 4.78 is 29.3. The Hall–Kier alpha value is -1.23. The Balaban J connectivity index is 3.29. The Kier molecular flexibility index (Phi) is 3.57. The molecule has 0 aliphatic rings. The van der Waals surface area contributed by atoms with Crippen LogP contribution < -0.4 is 0 Å². The summed E-state index contributed by atoms with van der Waals surface area (Å²) in [5.41, 5.74) is -0.373. The highest BCUT2D eigenvalue weighted by atomic mass is 35.5. The van der Waals surface area contributed by atoms with Crippen LogP contribution in [-0.4, -0.2) is 18.1 Å². The first-order valence-electron chi connectivity index (χ1n) is 4.01. The molecule has 0 aliphatic carbocycles. The molecule has 0 fully saturated rings. The Bertz CT molecular complexity index is 396. The summed E-state index contributed by atoms with van der Waals surface area (Å²) in [7, 11) is 1.14. The molecule has 15 heavy (non-hydrogen) atoms. The third-order valence-electron chi connectivity index (χ3n) is 1.85. The third-order valence-corrected chi connectivity index (χ3v) is 2.13. The van der Waals surface area contributed by atoms with Crippen molar-refractivity contribution in [1.82, 2.24) is 4.98 Å². The van der Waals surface area contributed by atoms with E-state index in [4.69, 9.17) is 11.6 Å². The molecule has 0 bridgehead atoms. The van der Waals surface area contributed by atoms with Crippen LogP contribution in [0.25, 0.3) is 0 Å². The molecular formula is C9H8ClF2NO2. The van der Waals surface area contributed by atoms with Crippen molar-refractivity contribution in [3.8, 4) is 0 Å². The SMILES string of the molecule is COC(=O)c1cc(C(F)F)c(C)nc1Cl. The first kappa shape index (κ1) is 11.8. The molecule has 1 aromatic heterocycles. The van der Waals surface area contributed by atoms with Crippen LogP contribution in [0.4, 0.5) is 8.78 Å². The van der Waals surface area contributed by atoms with E-state index in [-0.39, 0.29) is 22.0 Å². The monoisotopic (exact) mass is 235 g/mol. The van der Waals surface area contributed by atoms with Gasteiger partial charge in [0.2, 0.25) is 0 Å². The minimum absolute atomic E-state index is 0.0997. The summed E-state index contributed by atoms with van der Waals surface area (Å²) in [5, 5.41) is -0.135. The lowest BCUT2D eigenvalue weighted by Crippen LogP contribution is -2.06. The number of ether oxygens (including phenoxy) is 1. The molecule has 0 aliphatic heterocycles. The Morgan fingerprint density at radius 2 is 2.20 bits per heavy atom. The number of rotatable bonds is 2. The number of nitrogens with zero attached hydrogens (tertiary/aromatic N) is 1. The van der Waals surface area contributed by atoms with Gasteiger partial charge in [-0.2, -0.15) is 0 Å². The average molecular weight is 236 g/mol. The number of pyridine rings is 1. The molecule has 0 radical (unpaired) electrons. The average Bonchev–Trinajstić information content (AvgIpc) is 2.16. The molecule has 3 nitrogen and oxygen atoms in total. The van der Waals surface area contributed by atoms with Crippen molar-refractivity contribution in [3.63, 3.8) is 0 Å². The van der Waals surface area contributed by atoms with Crippen LogP contribution in [0.1, 0.15) is 28.0 Å². The van der Waals surface area contributed by atoms with Gasteiger partial charge in [-0.1, -0.05) is 11.6 Å². The zero-order valence-electron chi connectivity index (χ0n) is 8.05. The van der Waals surface area contributed by atoms with Crippen LogP contribution in [0.5, 0.6) is 0 Å². The fraction of sp³-hybridized carbons (Fsp3) is 0.333. The molecular weight excluding hydrogens is 228 g/mol. The molecule has 0 spiro atoms. The number of carbonyl (C=O) groups excluding carboxylic acids is 1. The Labute approximate surface area is 90.0 Å². The van der Waals surface area contributed by atoms with Gasteiger partial charge in [-0.25, -0.2) is 18.6 Å². The number of halogens is 3. The highest BCUT2D eigenvalue weighted by Crippen LogP contribution is 2.26. The highest BCUT2D eigenvalue weighted by molar-refractivity contribution is 6.32. The molecule has 0 saturated heterocycles. The molecule has 1 rings (SSSR count). The smallest absolute Gasteiger partial charge is 0.341 e. The van der Waals surface area contributed by atoms with Crippen LogP contribution in [0.3, 0.4) is 0 Å². The Morgan fingerprint density at radius 3 is 2.67 bits per heavy atom. The zero-order valence-corrected chi connectivity index (χ0v) is 8.81. The van der Waals surface area contributed by atoms with Gasteiger partial charge in [0.1, 0.15) is 5.15 Å². The second-order valence-electron chi connectivity index (χ2n) is 2.79. The number of hydrogen-bond acceptors (Lipinski definition) is 3. The molecule has 0 aromatic carbocycles. The quantitative estimate of drug-likeness (QED) is 0.585. The van der Waals surface area contributed by atoms with Gasteiger partial charge in [-0.05, 0) is 13.0 Å². The van der Waals surface area contributed by atoms with Crippen LogP contribution >= 0.6 is 11.6 Å². The van der Waals surface area contributed by atoms with Crippen molar-refractivity contribution in [1.29, 1.82) is 0 Å². The maximum Gasteiger partial charge on any atom is 0.341 e. The van der Waals surface area contributed by atoms with Crippen LogP contribution in [0.2, 0.25) is 5.15 Å². The number of aryl methyl sites for hydroxylation is 1. The maximum atomic E-state index is 12.5. The van der Waals surface area contributed by atoms with Crippen molar-refractivity contribution in [3.05, 3.63) is 28.0 Å². The summed E-state index contributed by atoms with van der Waals surface area (Å²) in [6, 6.07) is 1.00. The van der Waals surface area contributed by atoms with Gasteiger partial charge in [0.05, 0.1) is 12.7 Å². The van der Waals surface area contributed by atoms with Gasteiger partial charge < -0.3 is 4.74 Å². The van der Waals surface area contributed by atoms with Crippen LogP contribution in [0, 0.1) is 6.92 Å². The largest absolute Gasteiger partial charge is 0.465 e. The summed E-state index contributed by atoms with van der Waals surface area (Å²) >= 11 is 5.62. The van der Waals surface area contributed by atoms with Gasteiger partial charge in [0.15, 0.2) is 0 Å². The predicted octanol–water partition coefficient (Wildman–Crippen LogP) is 2.77. The number of alkyl halides is 2. The molecule has 0 atom stereocenters. The van der Waals surface area contributed by atoms with Gasteiger partial charge in [0.25, 0.3) is 6.43 Å². The molecule has 0 unspecified atom stereocenters. The van der Waals surface area contributed by atoms with Gasteiger partial charge in [-0.3, -0.25) is 0 Å².